The van der Waals surface area contributed by atoms with Crippen LogP contribution < -0.4 is 16.3 Å². The van der Waals surface area contributed by atoms with Gasteiger partial charge in [0.1, 0.15) is 6.04 Å². The van der Waals surface area contributed by atoms with Crippen molar-refractivity contribution in [1.82, 2.24) is 25.8 Å². The van der Waals surface area contributed by atoms with Crippen LogP contribution in [-0.4, -0.2) is 27.7 Å². The Morgan fingerprint density at radius 2 is 2.16 bits per heavy atom. The van der Waals surface area contributed by atoms with Gasteiger partial charge in [0.2, 0.25) is 0 Å². The summed E-state index contributed by atoms with van der Waals surface area (Å²) in [4.78, 5) is 15.5. The van der Waals surface area contributed by atoms with Gasteiger partial charge in [-0.15, -0.1) is 0 Å². The molecule has 0 saturated carbocycles. The molecule has 1 amide bonds. The van der Waals surface area contributed by atoms with Crippen molar-refractivity contribution in [3.63, 3.8) is 0 Å². The van der Waals surface area contributed by atoms with E-state index in [9.17, 15) is 4.79 Å². The molecule has 2 unspecified atom stereocenters. The summed E-state index contributed by atoms with van der Waals surface area (Å²) in [5, 5.41) is 5.17. The van der Waals surface area contributed by atoms with Gasteiger partial charge >= 0.3 is 0 Å². The van der Waals surface area contributed by atoms with E-state index in [1.54, 1.807) is 6.21 Å². The molecule has 4 rings (SSSR count). The van der Waals surface area contributed by atoms with E-state index in [0.717, 1.165) is 22.2 Å². The Labute approximate surface area is 145 Å². The number of nitrogens with zero attached hydrogens (tertiary/aromatic N) is 2. The number of hydrazone groups is 1. The first-order chi connectivity index (χ1) is 12.2. The van der Waals surface area contributed by atoms with Crippen LogP contribution in [0.2, 0.25) is 0 Å². The first-order valence-electron chi connectivity index (χ1n) is 8.23. The van der Waals surface area contributed by atoms with Gasteiger partial charge in [0, 0.05) is 41.6 Å². The summed E-state index contributed by atoms with van der Waals surface area (Å²) in [6, 6.07) is 11.8. The zero-order valence-corrected chi connectivity index (χ0v) is 13.9. The van der Waals surface area contributed by atoms with Gasteiger partial charge < -0.3 is 9.55 Å². The van der Waals surface area contributed by atoms with Crippen LogP contribution in [0.25, 0.3) is 10.9 Å². The van der Waals surface area contributed by atoms with Crippen LogP contribution in [0.3, 0.4) is 0 Å². The zero-order chi connectivity index (χ0) is 17.2. The Balaban J connectivity index is 1.37. The van der Waals surface area contributed by atoms with E-state index in [0.29, 0.717) is 6.42 Å². The minimum atomic E-state index is -0.319. The Bertz CT molecular complexity index is 924. The third-order valence-electron chi connectivity index (χ3n) is 4.56. The molecule has 0 bridgehead atoms. The number of aryl methyl sites for hydroxylation is 1. The lowest BCUT2D eigenvalue weighted by Gasteiger charge is -2.10. The minimum absolute atomic E-state index is 0.105. The fourth-order valence-corrected chi connectivity index (χ4v) is 3.20. The van der Waals surface area contributed by atoms with Gasteiger partial charge in [0.15, 0.2) is 0 Å². The second-order valence-electron chi connectivity index (χ2n) is 6.20. The van der Waals surface area contributed by atoms with Crippen molar-refractivity contribution in [2.75, 3.05) is 0 Å². The van der Waals surface area contributed by atoms with Crippen molar-refractivity contribution >= 4 is 23.0 Å². The SMILES string of the molecule is Cn1cccc1C1CC(C(=O)N/N=C/c2c[nH]c3ccccc23)NN1. The average Bonchev–Trinajstić information content (AvgIpc) is 3.34. The van der Waals surface area contributed by atoms with Gasteiger partial charge in [-0.2, -0.15) is 5.10 Å². The molecule has 1 fully saturated rings. The molecule has 1 aliphatic heterocycles. The largest absolute Gasteiger partial charge is 0.361 e. The fraction of sp³-hybridized carbons (Fsp3) is 0.222. The van der Waals surface area contributed by atoms with Gasteiger partial charge in [-0.1, -0.05) is 18.2 Å². The van der Waals surface area contributed by atoms with Gasteiger partial charge in [-0.25, -0.2) is 16.3 Å². The Hall–Kier alpha value is -2.90. The van der Waals surface area contributed by atoms with Crippen LogP contribution in [-0.2, 0) is 11.8 Å². The third-order valence-corrected chi connectivity index (χ3v) is 4.56. The number of H-pyrrole nitrogens is 1. The fourth-order valence-electron chi connectivity index (χ4n) is 3.20. The second-order valence-corrected chi connectivity index (χ2v) is 6.20. The van der Waals surface area contributed by atoms with Crippen LogP contribution in [0, 0.1) is 0 Å². The summed E-state index contributed by atoms with van der Waals surface area (Å²) in [5.74, 6) is -0.152. The highest BCUT2D eigenvalue weighted by Crippen LogP contribution is 2.22. The van der Waals surface area contributed by atoms with Crippen LogP contribution in [0.15, 0.2) is 53.9 Å². The molecule has 1 aliphatic rings. The molecule has 7 heteroatoms. The van der Waals surface area contributed by atoms with Crippen LogP contribution in [0.1, 0.15) is 23.7 Å². The Kier molecular flexibility index (Phi) is 4.09. The van der Waals surface area contributed by atoms with Crippen LogP contribution in [0.4, 0.5) is 0 Å². The first-order valence-corrected chi connectivity index (χ1v) is 8.23. The van der Waals surface area contributed by atoms with Gasteiger partial charge in [0.25, 0.3) is 5.91 Å². The summed E-state index contributed by atoms with van der Waals surface area (Å²) in [6.07, 6.45) is 6.21. The number of rotatable bonds is 4. The number of benzene rings is 1. The molecule has 1 aromatic carbocycles. The van der Waals surface area contributed by atoms with Gasteiger partial charge in [-0.3, -0.25) is 4.79 Å². The van der Waals surface area contributed by atoms with E-state index >= 15 is 0 Å². The lowest BCUT2D eigenvalue weighted by atomic mass is 10.1. The van der Waals surface area contributed by atoms with Crippen molar-refractivity contribution in [2.45, 2.75) is 18.5 Å². The summed E-state index contributed by atoms with van der Waals surface area (Å²) in [7, 11) is 2.00. The quantitative estimate of drug-likeness (QED) is 0.431. The van der Waals surface area contributed by atoms with E-state index in [1.165, 1.54) is 0 Å². The molecule has 2 atom stereocenters. The molecule has 4 N–H and O–H groups in total. The van der Waals surface area contributed by atoms with E-state index in [-0.39, 0.29) is 18.0 Å². The lowest BCUT2D eigenvalue weighted by Crippen LogP contribution is -2.41. The predicted molar refractivity (Wildman–Crippen MR) is 96.9 cm³/mol. The smallest absolute Gasteiger partial charge is 0.258 e. The van der Waals surface area contributed by atoms with Gasteiger partial charge in [0.05, 0.1) is 12.3 Å². The zero-order valence-electron chi connectivity index (χ0n) is 13.9. The molecule has 128 valence electrons. The number of amides is 1. The number of aromatic amines is 1. The number of hydrogen-bond donors (Lipinski definition) is 4. The molecule has 0 aliphatic carbocycles. The number of hydrazine groups is 1. The van der Waals surface area contributed by atoms with E-state index in [4.69, 9.17) is 0 Å². The van der Waals surface area contributed by atoms with Crippen molar-refractivity contribution in [2.24, 2.45) is 12.1 Å². The highest BCUT2D eigenvalue weighted by molar-refractivity contribution is 5.99. The molecule has 3 heterocycles. The number of fused-ring (bicyclic) bond motifs is 1. The summed E-state index contributed by atoms with van der Waals surface area (Å²) in [6.45, 7) is 0. The maximum Gasteiger partial charge on any atom is 0.258 e. The number of para-hydroxylation sites is 1. The standard InChI is InChI=1S/C18H20N6O/c1-24-8-4-7-17(24)15-9-16(22-21-15)18(25)23-20-11-12-10-19-14-6-3-2-5-13(12)14/h2-8,10-11,15-16,19,21-22H,9H2,1H3,(H,23,25)/b20-11+. The first kappa shape index (κ1) is 15.6. The molecule has 0 radical (unpaired) electrons. The number of carbonyl (C=O) groups is 1. The van der Waals surface area contributed by atoms with E-state index in [1.807, 2.05) is 49.8 Å². The lowest BCUT2D eigenvalue weighted by molar-refractivity contribution is -0.122. The highest BCUT2D eigenvalue weighted by atomic mass is 16.2. The van der Waals surface area contributed by atoms with Crippen molar-refractivity contribution < 1.29 is 4.79 Å². The molecule has 1 saturated heterocycles. The normalized spacial score (nSPS) is 20.5. The summed E-state index contributed by atoms with van der Waals surface area (Å²) < 4.78 is 2.05. The number of nitrogens with one attached hydrogen (secondary N) is 4. The average molecular weight is 336 g/mol. The minimum Gasteiger partial charge on any atom is -0.361 e. The predicted octanol–water partition coefficient (Wildman–Crippen LogP) is 1.56. The highest BCUT2D eigenvalue weighted by Gasteiger charge is 2.31. The molecular weight excluding hydrogens is 316 g/mol. The van der Waals surface area contributed by atoms with E-state index in [2.05, 4.69) is 37.0 Å². The summed E-state index contributed by atoms with van der Waals surface area (Å²) in [5.41, 5.74) is 12.0. The number of hydrogen-bond acceptors (Lipinski definition) is 4. The van der Waals surface area contributed by atoms with E-state index < -0.39 is 0 Å². The molecule has 3 aromatic rings. The molecule has 0 spiro atoms. The molecule has 25 heavy (non-hydrogen) atoms. The van der Waals surface area contributed by atoms with Gasteiger partial charge in [-0.05, 0) is 24.6 Å². The van der Waals surface area contributed by atoms with Crippen LogP contribution >= 0.6 is 0 Å². The molecule has 2 aromatic heterocycles. The molecular formula is C18H20N6O. The Morgan fingerprint density at radius 3 is 3.00 bits per heavy atom. The monoisotopic (exact) mass is 336 g/mol. The summed E-state index contributed by atoms with van der Waals surface area (Å²) >= 11 is 0. The van der Waals surface area contributed by atoms with Crippen molar-refractivity contribution in [3.8, 4) is 0 Å². The number of aromatic nitrogens is 2. The Morgan fingerprint density at radius 1 is 1.28 bits per heavy atom. The van der Waals surface area contributed by atoms with Crippen molar-refractivity contribution in [1.29, 1.82) is 0 Å². The second kappa shape index (κ2) is 6.54. The molecule has 7 nitrogen and oxygen atoms in total. The maximum absolute atomic E-state index is 12.3. The topological polar surface area (TPSA) is 86.2 Å². The number of carbonyl (C=O) groups excluding carboxylic acids is 1. The van der Waals surface area contributed by atoms with Crippen LogP contribution in [0.5, 0.6) is 0 Å². The maximum atomic E-state index is 12.3. The third kappa shape index (κ3) is 3.07. The van der Waals surface area contributed by atoms with Crippen molar-refractivity contribution in [3.05, 3.63) is 60.0 Å².